The lowest BCUT2D eigenvalue weighted by atomic mass is 9.90. The maximum Gasteiger partial charge on any atom is 0.133 e. The van der Waals surface area contributed by atoms with Gasteiger partial charge in [-0.05, 0) is 55.6 Å². The van der Waals surface area contributed by atoms with Crippen molar-refractivity contribution in [2.45, 2.75) is 18.8 Å². The van der Waals surface area contributed by atoms with Crippen LogP contribution in [-0.4, -0.2) is 13.1 Å². The predicted octanol–water partition coefficient (Wildman–Crippen LogP) is 2.90. The van der Waals surface area contributed by atoms with Crippen molar-refractivity contribution in [1.82, 2.24) is 5.32 Å². The van der Waals surface area contributed by atoms with Gasteiger partial charge < -0.3 is 9.73 Å². The molecule has 0 unspecified atom stereocenters. The van der Waals surface area contributed by atoms with E-state index in [1.54, 1.807) is 6.26 Å². The van der Waals surface area contributed by atoms with E-state index in [-0.39, 0.29) is 0 Å². The smallest absolute Gasteiger partial charge is 0.133 e. The van der Waals surface area contributed by atoms with Crippen LogP contribution in [0.3, 0.4) is 0 Å². The summed E-state index contributed by atoms with van der Waals surface area (Å²) in [7, 11) is 0. The minimum Gasteiger partial charge on any atom is -0.464 e. The van der Waals surface area contributed by atoms with Crippen molar-refractivity contribution in [1.29, 1.82) is 0 Å². The molecule has 0 aliphatic carbocycles. The molecule has 1 aromatic heterocycles. The standard InChI is InChI=1S/C13H15NO/c1-2-13-12(5-8-15-13)9-11(1)10-3-6-14-7-4-10/h1-2,5,8-10,14H,3-4,6-7H2. The molecule has 0 bridgehead atoms. The third-order valence-corrected chi connectivity index (χ3v) is 3.29. The Bertz CT molecular complexity index is 454. The highest BCUT2D eigenvalue weighted by Gasteiger charge is 2.15. The summed E-state index contributed by atoms with van der Waals surface area (Å²) < 4.78 is 5.35. The fourth-order valence-electron chi connectivity index (χ4n) is 2.39. The molecule has 2 aromatic rings. The molecule has 2 heterocycles. The van der Waals surface area contributed by atoms with Gasteiger partial charge in [-0.3, -0.25) is 0 Å². The van der Waals surface area contributed by atoms with Crippen molar-refractivity contribution < 1.29 is 4.42 Å². The fraction of sp³-hybridized carbons (Fsp3) is 0.385. The van der Waals surface area contributed by atoms with Gasteiger partial charge in [0.2, 0.25) is 0 Å². The van der Waals surface area contributed by atoms with Crippen molar-refractivity contribution in [3.8, 4) is 0 Å². The molecule has 0 radical (unpaired) electrons. The molecule has 0 atom stereocenters. The quantitative estimate of drug-likeness (QED) is 0.767. The van der Waals surface area contributed by atoms with Crippen LogP contribution < -0.4 is 5.32 Å². The summed E-state index contributed by atoms with van der Waals surface area (Å²) >= 11 is 0. The van der Waals surface area contributed by atoms with Gasteiger partial charge in [-0.15, -0.1) is 0 Å². The lowest BCUT2D eigenvalue weighted by molar-refractivity contribution is 0.460. The number of hydrogen-bond donors (Lipinski definition) is 1. The van der Waals surface area contributed by atoms with Crippen LogP contribution in [0.15, 0.2) is 34.9 Å². The van der Waals surface area contributed by atoms with Crippen molar-refractivity contribution in [2.24, 2.45) is 0 Å². The van der Waals surface area contributed by atoms with Gasteiger partial charge in [-0.25, -0.2) is 0 Å². The molecule has 2 heteroatoms. The van der Waals surface area contributed by atoms with E-state index >= 15 is 0 Å². The number of hydrogen-bond acceptors (Lipinski definition) is 2. The molecule has 0 amide bonds. The Labute approximate surface area is 89.3 Å². The topological polar surface area (TPSA) is 25.2 Å². The second kappa shape index (κ2) is 3.70. The summed E-state index contributed by atoms with van der Waals surface area (Å²) in [5, 5.41) is 4.63. The van der Waals surface area contributed by atoms with Crippen molar-refractivity contribution in [2.75, 3.05) is 13.1 Å². The lowest BCUT2D eigenvalue weighted by Gasteiger charge is -2.22. The van der Waals surface area contributed by atoms with E-state index in [9.17, 15) is 0 Å². The molecule has 1 fully saturated rings. The van der Waals surface area contributed by atoms with Crippen LogP contribution in [0, 0.1) is 0 Å². The van der Waals surface area contributed by atoms with Gasteiger partial charge in [0, 0.05) is 5.39 Å². The lowest BCUT2D eigenvalue weighted by Crippen LogP contribution is -2.26. The molecular weight excluding hydrogens is 186 g/mol. The van der Waals surface area contributed by atoms with Gasteiger partial charge in [-0.1, -0.05) is 6.07 Å². The fourth-order valence-corrected chi connectivity index (χ4v) is 2.39. The molecule has 1 aromatic carbocycles. The van der Waals surface area contributed by atoms with E-state index in [0.29, 0.717) is 0 Å². The van der Waals surface area contributed by atoms with Gasteiger partial charge >= 0.3 is 0 Å². The van der Waals surface area contributed by atoms with Crippen LogP contribution >= 0.6 is 0 Å². The summed E-state index contributed by atoms with van der Waals surface area (Å²) in [6, 6.07) is 8.61. The number of furan rings is 1. The molecule has 3 rings (SSSR count). The Hall–Kier alpha value is -1.28. The SMILES string of the molecule is c1cc2cc(C3CCNCC3)ccc2o1. The number of benzene rings is 1. The van der Waals surface area contributed by atoms with Crippen molar-refractivity contribution in [3.05, 3.63) is 36.1 Å². The van der Waals surface area contributed by atoms with Gasteiger partial charge in [0.15, 0.2) is 0 Å². The highest BCUT2D eigenvalue weighted by molar-refractivity contribution is 5.77. The second-order valence-corrected chi connectivity index (χ2v) is 4.24. The average molecular weight is 201 g/mol. The highest BCUT2D eigenvalue weighted by atomic mass is 16.3. The van der Waals surface area contributed by atoms with Gasteiger partial charge in [-0.2, -0.15) is 0 Å². The van der Waals surface area contributed by atoms with E-state index in [1.807, 2.05) is 6.07 Å². The molecule has 0 spiro atoms. The van der Waals surface area contributed by atoms with E-state index in [2.05, 4.69) is 23.5 Å². The molecular formula is C13H15NO. The summed E-state index contributed by atoms with van der Waals surface area (Å²) in [5.41, 5.74) is 2.46. The van der Waals surface area contributed by atoms with E-state index in [1.165, 1.54) is 23.8 Å². The van der Waals surface area contributed by atoms with Crippen LogP contribution in [0.1, 0.15) is 24.3 Å². The number of rotatable bonds is 1. The molecule has 1 aliphatic rings. The highest BCUT2D eigenvalue weighted by Crippen LogP contribution is 2.28. The summed E-state index contributed by atoms with van der Waals surface area (Å²) in [4.78, 5) is 0. The van der Waals surface area contributed by atoms with Crippen LogP contribution in [0.5, 0.6) is 0 Å². The summed E-state index contributed by atoms with van der Waals surface area (Å²) in [6.45, 7) is 2.29. The Morgan fingerprint density at radius 2 is 2.00 bits per heavy atom. The zero-order valence-corrected chi connectivity index (χ0v) is 8.70. The van der Waals surface area contributed by atoms with Crippen LogP contribution in [0.25, 0.3) is 11.0 Å². The molecule has 2 nitrogen and oxygen atoms in total. The summed E-state index contributed by atoms with van der Waals surface area (Å²) in [5.74, 6) is 0.727. The molecule has 0 saturated carbocycles. The Balaban J connectivity index is 1.95. The first kappa shape index (κ1) is 8.98. The Kier molecular flexibility index (Phi) is 2.22. The van der Waals surface area contributed by atoms with Crippen LogP contribution in [-0.2, 0) is 0 Å². The maximum absolute atomic E-state index is 5.35. The molecule has 1 N–H and O–H groups in total. The first-order valence-corrected chi connectivity index (χ1v) is 5.61. The third kappa shape index (κ3) is 1.65. The zero-order chi connectivity index (χ0) is 10.1. The molecule has 78 valence electrons. The molecule has 1 aliphatic heterocycles. The zero-order valence-electron chi connectivity index (χ0n) is 8.70. The Morgan fingerprint density at radius 1 is 1.13 bits per heavy atom. The number of nitrogens with one attached hydrogen (secondary N) is 1. The normalized spacial score (nSPS) is 18.4. The first-order valence-electron chi connectivity index (χ1n) is 5.61. The minimum atomic E-state index is 0.727. The minimum absolute atomic E-state index is 0.727. The predicted molar refractivity (Wildman–Crippen MR) is 61.1 cm³/mol. The summed E-state index contributed by atoms with van der Waals surface area (Å²) in [6.07, 6.45) is 4.27. The van der Waals surface area contributed by atoms with E-state index in [0.717, 1.165) is 24.6 Å². The number of fused-ring (bicyclic) bond motifs is 1. The van der Waals surface area contributed by atoms with E-state index in [4.69, 9.17) is 4.42 Å². The average Bonchev–Trinajstić information content (AvgIpc) is 2.77. The van der Waals surface area contributed by atoms with E-state index < -0.39 is 0 Å². The van der Waals surface area contributed by atoms with Gasteiger partial charge in [0.05, 0.1) is 6.26 Å². The second-order valence-electron chi connectivity index (χ2n) is 4.24. The van der Waals surface area contributed by atoms with Crippen molar-refractivity contribution in [3.63, 3.8) is 0 Å². The number of piperidine rings is 1. The first-order chi connectivity index (χ1) is 7.43. The monoisotopic (exact) mass is 201 g/mol. The van der Waals surface area contributed by atoms with Crippen LogP contribution in [0.2, 0.25) is 0 Å². The molecule has 1 saturated heterocycles. The molecule has 15 heavy (non-hydrogen) atoms. The van der Waals surface area contributed by atoms with Crippen LogP contribution in [0.4, 0.5) is 0 Å². The van der Waals surface area contributed by atoms with Crippen molar-refractivity contribution >= 4 is 11.0 Å². The van der Waals surface area contributed by atoms with Gasteiger partial charge in [0.1, 0.15) is 5.58 Å². The maximum atomic E-state index is 5.35. The Morgan fingerprint density at radius 3 is 2.87 bits per heavy atom. The van der Waals surface area contributed by atoms with Gasteiger partial charge in [0.25, 0.3) is 0 Å². The largest absolute Gasteiger partial charge is 0.464 e. The third-order valence-electron chi connectivity index (χ3n) is 3.29.